The van der Waals surface area contributed by atoms with E-state index in [1.165, 1.54) is 10.6 Å². The van der Waals surface area contributed by atoms with Crippen LogP contribution in [0.15, 0.2) is 36.5 Å². The second-order valence-corrected chi connectivity index (χ2v) is 9.11. The number of anilines is 2. The van der Waals surface area contributed by atoms with Gasteiger partial charge in [0.05, 0.1) is 17.0 Å². The molecule has 0 spiro atoms. The van der Waals surface area contributed by atoms with E-state index < -0.39 is 35.9 Å². The lowest BCUT2D eigenvalue weighted by Crippen LogP contribution is -2.45. The predicted molar refractivity (Wildman–Crippen MR) is 119 cm³/mol. The molecule has 2 fully saturated rings. The Hall–Kier alpha value is -3.41. The van der Waals surface area contributed by atoms with Crippen molar-refractivity contribution in [1.82, 2.24) is 19.5 Å². The zero-order valence-corrected chi connectivity index (χ0v) is 17.9. The molecule has 0 radical (unpaired) electrons. The molecule has 11 heteroatoms. The fourth-order valence-corrected chi connectivity index (χ4v) is 5.43. The number of hydrogen-bond acceptors (Lipinski definition) is 8. The van der Waals surface area contributed by atoms with E-state index >= 15 is 0 Å². The molecule has 4 heterocycles. The summed E-state index contributed by atoms with van der Waals surface area (Å²) >= 11 is 0. The van der Waals surface area contributed by atoms with Gasteiger partial charge in [0.2, 0.25) is 0 Å². The number of pyridine rings is 1. The smallest absolute Gasteiger partial charge is 0.312 e. The summed E-state index contributed by atoms with van der Waals surface area (Å²) in [7, 11) is 0. The molecule has 0 bridgehead atoms. The molecule has 0 amide bonds. The third-order valence-electron chi connectivity index (χ3n) is 7.11. The number of aliphatic hydroxyl groups excluding tert-OH is 1. The highest BCUT2D eigenvalue weighted by atomic mass is 19.1. The predicted octanol–water partition coefficient (Wildman–Crippen LogP) is 2.06. The molecule has 6 N–H and O–H groups in total. The van der Waals surface area contributed by atoms with Crippen LogP contribution in [0.2, 0.25) is 0 Å². The van der Waals surface area contributed by atoms with Gasteiger partial charge in [0.15, 0.2) is 23.5 Å². The largest absolute Gasteiger partial charge is 0.385 e. The number of nitrogens with two attached hydrogens (primary N) is 2. The van der Waals surface area contributed by atoms with Gasteiger partial charge in [0.25, 0.3) is 0 Å². The minimum absolute atomic E-state index is 0.0176. The Morgan fingerprint density at radius 2 is 1.94 bits per heavy atom. The molecule has 1 aromatic carbocycles. The fraction of sp³-hybridized carbons (Fsp3) is 0.348. The van der Waals surface area contributed by atoms with E-state index in [0.717, 1.165) is 5.56 Å². The van der Waals surface area contributed by atoms with Crippen LogP contribution in [0.5, 0.6) is 0 Å². The van der Waals surface area contributed by atoms with Crippen molar-refractivity contribution in [1.29, 1.82) is 0 Å². The van der Waals surface area contributed by atoms with Gasteiger partial charge in [-0.15, -0.1) is 0 Å². The van der Waals surface area contributed by atoms with E-state index in [0.29, 0.717) is 35.6 Å². The molecule has 1 saturated carbocycles. The first kappa shape index (κ1) is 21.1. The van der Waals surface area contributed by atoms with Gasteiger partial charge >= 0.3 is 6.08 Å². The highest BCUT2D eigenvalue weighted by Gasteiger charge is 2.61. The maximum absolute atomic E-state index is 13.8. The Bertz CT molecular complexity index is 1450. The Balaban J connectivity index is 1.30. The zero-order valence-electron chi connectivity index (χ0n) is 17.9. The van der Waals surface area contributed by atoms with Gasteiger partial charge in [0, 0.05) is 11.6 Å². The van der Waals surface area contributed by atoms with Crippen molar-refractivity contribution in [2.75, 3.05) is 11.5 Å². The zero-order chi connectivity index (χ0) is 23.8. The van der Waals surface area contributed by atoms with Crippen molar-refractivity contribution in [3.63, 3.8) is 0 Å². The summed E-state index contributed by atoms with van der Waals surface area (Å²) in [6, 6.07) is 8.46. The number of rotatable bonds is 3. The topological polar surface area (TPSA) is 145 Å². The lowest BCUT2D eigenvalue weighted by molar-refractivity contribution is -0.0675. The van der Waals surface area contributed by atoms with Crippen LogP contribution in [0, 0.1) is 17.8 Å². The fourth-order valence-electron chi connectivity index (χ4n) is 5.43. The van der Waals surface area contributed by atoms with E-state index in [-0.39, 0.29) is 23.2 Å². The van der Waals surface area contributed by atoms with E-state index in [9.17, 15) is 19.0 Å². The van der Waals surface area contributed by atoms with Crippen LogP contribution in [0.4, 0.5) is 20.4 Å². The molecule has 2 aliphatic rings. The summed E-state index contributed by atoms with van der Waals surface area (Å²) in [5.41, 5.74) is 11.6. The van der Waals surface area contributed by atoms with Crippen LogP contribution in [0.25, 0.3) is 21.9 Å². The first-order valence-corrected chi connectivity index (χ1v) is 10.9. The number of halogens is 2. The quantitative estimate of drug-likeness (QED) is 0.334. The molecule has 176 valence electrons. The monoisotopic (exact) mass is 468 g/mol. The highest BCUT2D eigenvalue weighted by Crippen LogP contribution is 2.50. The highest BCUT2D eigenvalue weighted by molar-refractivity contribution is 5.86. The minimum Gasteiger partial charge on any atom is -0.385 e. The van der Waals surface area contributed by atoms with Crippen molar-refractivity contribution in [2.24, 2.45) is 5.92 Å². The Labute approximate surface area is 192 Å². The van der Waals surface area contributed by atoms with E-state index in [1.54, 1.807) is 18.3 Å². The molecule has 9 nitrogen and oxygen atoms in total. The van der Waals surface area contributed by atoms with Crippen molar-refractivity contribution in [2.45, 2.75) is 43.3 Å². The Morgan fingerprint density at radius 3 is 2.76 bits per heavy atom. The number of hydrogen-bond donors (Lipinski definition) is 4. The molecule has 5 atom stereocenters. The number of nitrogen functional groups attached to an aromatic ring is 2. The third kappa shape index (κ3) is 3.04. The summed E-state index contributed by atoms with van der Waals surface area (Å²) in [6.07, 6.45) is -0.746. The van der Waals surface area contributed by atoms with Gasteiger partial charge in [0.1, 0.15) is 17.5 Å². The SMILES string of the molecule is Nc1nc2cc(C[C@@H]3CC[C@]4(O)C(O)[C@H](n5ccc6c(N)nc(F)nc65)O[C@H]34)ccc2cc1F. The second kappa shape index (κ2) is 7.29. The molecule has 4 aromatic rings. The summed E-state index contributed by atoms with van der Waals surface area (Å²) in [5.74, 6) is -0.844. The van der Waals surface area contributed by atoms with E-state index in [4.69, 9.17) is 16.2 Å². The first-order valence-electron chi connectivity index (χ1n) is 10.9. The van der Waals surface area contributed by atoms with E-state index in [1.807, 2.05) is 12.1 Å². The normalized spacial score (nSPS) is 28.7. The average Bonchev–Trinajstić information content (AvgIpc) is 3.42. The van der Waals surface area contributed by atoms with Gasteiger partial charge in [-0.1, -0.05) is 12.1 Å². The number of benzene rings is 1. The van der Waals surface area contributed by atoms with Crippen molar-refractivity contribution in [3.8, 4) is 0 Å². The van der Waals surface area contributed by atoms with Crippen molar-refractivity contribution >= 4 is 33.6 Å². The number of aromatic nitrogens is 4. The summed E-state index contributed by atoms with van der Waals surface area (Å²) in [6.45, 7) is 0. The average molecular weight is 468 g/mol. The van der Waals surface area contributed by atoms with E-state index in [2.05, 4.69) is 15.0 Å². The number of nitrogens with zero attached hydrogens (tertiary/aromatic N) is 4. The van der Waals surface area contributed by atoms with Crippen LogP contribution in [-0.2, 0) is 11.2 Å². The molecule has 1 unspecified atom stereocenters. The third-order valence-corrected chi connectivity index (χ3v) is 7.11. The number of fused-ring (bicyclic) bond motifs is 3. The molecule has 1 aliphatic carbocycles. The van der Waals surface area contributed by atoms with Crippen LogP contribution >= 0.6 is 0 Å². The van der Waals surface area contributed by atoms with Crippen LogP contribution in [-0.4, -0.2) is 47.5 Å². The summed E-state index contributed by atoms with van der Waals surface area (Å²) in [5, 5.41) is 23.5. The lowest BCUT2D eigenvalue weighted by Gasteiger charge is -2.26. The Kier molecular flexibility index (Phi) is 4.54. The van der Waals surface area contributed by atoms with Crippen LogP contribution in [0.3, 0.4) is 0 Å². The molecule has 34 heavy (non-hydrogen) atoms. The van der Waals surface area contributed by atoms with Gasteiger partial charge in [-0.3, -0.25) is 0 Å². The lowest BCUT2D eigenvalue weighted by atomic mass is 9.90. The minimum atomic E-state index is -1.47. The molecule has 3 aromatic heterocycles. The van der Waals surface area contributed by atoms with Gasteiger partial charge in [-0.05, 0) is 48.9 Å². The Morgan fingerprint density at radius 1 is 1.12 bits per heavy atom. The first-order chi connectivity index (χ1) is 16.2. The molecule has 1 aliphatic heterocycles. The summed E-state index contributed by atoms with van der Waals surface area (Å²) < 4.78 is 35.2. The maximum Gasteiger partial charge on any atom is 0.312 e. The molecular formula is C23H22F2N6O3. The van der Waals surface area contributed by atoms with Gasteiger partial charge in [-0.25, -0.2) is 9.37 Å². The number of aliphatic hydroxyl groups is 2. The van der Waals surface area contributed by atoms with Crippen LogP contribution < -0.4 is 11.5 Å². The van der Waals surface area contributed by atoms with Gasteiger partial charge < -0.3 is 31.0 Å². The molecular weight excluding hydrogens is 446 g/mol. The summed E-state index contributed by atoms with van der Waals surface area (Å²) in [4.78, 5) is 11.4. The molecule has 1 saturated heterocycles. The number of ether oxygens (including phenoxy) is 1. The van der Waals surface area contributed by atoms with Crippen molar-refractivity contribution < 1.29 is 23.7 Å². The van der Waals surface area contributed by atoms with Crippen molar-refractivity contribution in [3.05, 3.63) is 54.0 Å². The molecule has 6 rings (SSSR count). The second-order valence-electron chi connectivity index (χ2n) is 9.11. The van der Waals surface area contributed by atoms with Crippen LogP contribution in [0.1, 0.15) is 24.6 Å². The standard InChI is InChI=1S/C23H22F2N6O3/c24-14-9-11-2-1-10(8-15(11)28-19(14)27)7-12-3-5-23(33)16(32)21(34-17(12)23)31-6-4-13-18(26)29-22(25)30-20(13)31/h1-2,4,6,8-9,12,16-17,21,32-33H,3,5,7H2,(H2,27,28)(H2,26,29,30)/t12-,16?,17+,21+,23-/m0/s1. The maximum atomic E-state index is 13.8. The van der Waals surface area contributed by atoms with Gasteiger partial charge in [-0.2, -0.15) is 14.4 Å².